The van der Waals surface area contributed by atoms with Gasteiger partial charge in [0, 0.05) is 21.4 Å². The third kappa shape index (κ3) is 14.4. The van der Waals surface area contributed by atoms with Crippen molar-refractivity contribution in [1.82, 2.24) is 0 Å². The van der Waals surface area contributed by atoms with Crippen LogP contribution >= 0.6 is 21.4 Å². The third-order valence-electron chi connectivity index (χ3n) is 2.57. The predicted molar refractivity (Wildman–Crippen MR) is 105 cm³/mol. The number of hydrogen-bond donors (Lipinski definition) is 3. The molecule has 2 rings (SSSR count). The molecule has 1 atom stereocenters. The van der Waals surface area contributed by atoms with E-state index in [1.165, 1.54) is 36.8 Å². The number of benzene rings is 2. The smallest absolute Gasteiger partial charge is 0.195 e. The van der Waals surface area contributed by atoms with Gasteiger partial charge in [-0.25, -0.2) is 0 Å². The van der Waals surface area contributed by atoms with Crippen molar-refractivity contribution in [3.8, 4) is 0 Å². The summed E-state index contributed by atoms with van der Waals surface area (Å²) in [6.07, 6.45) is 0. The SMILES string of the molecule is CC(=O)Nc1ccc([As](=O)(O)OO)cc1.Cc1ccccc1.O=S(=O)(Cl)Cl. The van der Waals surface area contributed by atoms with Gasteiger partial charge in [0.2, 0.25) is 0 Å². The van der Waals surface area contributed by atoms with Crippen molar-refractivity contribution in [2.45, 2.75) is 13.8 Å². The Kier molecular flexibility index (Phi) is 11.6. The van der Waals surface area contributed by atoms with Crippen LogP contribution in [0.25, 0.3) is 0 Å². The van der Waals surface area contributed by atoms with Crippen molar-refractivity contribution >= 4 is 59.7 Å². The topological polar surface area (TPSA) is 130 Å². The molecule has 8 nitrogen and oxygen atoms in total. The van der Waals surface area contributed by atoms with Gasteiger partial charge in [-0.3, -0.25) is 0 Å². The van der Waals surface area contributed by atoms with E-state index in [2.05, 4.69) is 49.6 Å². The maximum absolute atomic E-state index is 11.2. The van der Waals surface area contributed by atoms with Crippen LogP contribution in [0, 0.1) is 6.92 Å². The fourth-order valence-electron chi connectivity index (χ4n) is 1.52. The number of carbonyl (C=O) groups is 1. The van der Waals surface area contributed by atoms with Gasteiger partial charge < -0.3 is 0 Å². The number of aryl methyl sites for hydroxylation is 1. The summed E-state index contributed by atoms with van der Waals surface area (Å²) in [4.78, 5) is 10.7. The summed E-state index contributed by atoms with van der Waals surface area (Å²) in [5, 5.41) is 10.7. The fraction of sp³-hybridized carbons (Fsp3) is 0.133. The normalized spacial score (nSPS) is 12.4. The van der Waals surface area contributed by atoms with Crippen LogP contribution in [0.4, 0.5) is 5.69 Å². The Morgan fingerprint density at radius 2 is 1.52 bits per heavy atom. The molecule has 150 valence electrons. The minimum Gasteiger partial charge on any atom is -0.195 e. The number of amides is 1. The number of anilines is 1. The van der Waals surface area contributed by atoms with E-state index in [0.717, 1.165) is 0 Å². The number of hydrogen-bond acceptors (Lipinski definition) is 6. The predicted octanol–water partition coefficient (Wildman–Crippen LogP) is 2.41. The molecule has 0 aliphatic rings. The summed E-state index contributed by atoms with van der Waals surface area (Å²) >= 11 is -4.76. The molecule has 0 aliphatic carbocycles. The van der Waals surface area contributed by atoms with Gasteiger partial charge in [-0.15, -0.1) is 0 Å². The molecular formula is C15H18AsCl2NO7S. The number of rotatable bonds is 3. The van der Waals surface area contributed by atoms with E-state index in [1.807, 2.05) is 18.2 Å². The summed E-state index contributed by atoms with van der Waals surface area (Å²) in [6.45, 7) is 3.44. The summed E-state index contributed by atoms with van der Waals surface area (Å²) in [6, 6.07) is 15.8. The molecule has 0 fully saturated rings. The zero-order valence-electron chi connectivity index (χ0n) is 14.2. The van der Waals surface area contributed by atoms with Crippen molar-refractivity contribution in [3.63, 3.8) is 0 Å². The van der Waals surface area contributed by atoms with Gasteiger partial charge in [0.05, 0.1) is 0 Å². The molecule has 1 amide bonds. The van der Waals surface area contributed by atoms with Gasteiger partial charge in [0.25, 0.3) is 0 Å². The molecule has 3 N–H and O–H groups in total. The zero-order chi connectivity index (χ0) is 21.1. The number of carbonyl (C=O) groups excluding carboxylic acids is 1. The first-order chi connectivity index (χ1) is 12.3. The second-order valence-corrected chi connectivity index (χ2v) is 12.1. The monoisotopic (exact) mass is 501 g/mol. The van der Waals surface area contributed by atoms with Crippen molar-refractivity contribution in [2.75, 3.05) is 5.32 Å². The maximum Gasteiger partial charge on any atom is 0.317 e. The summed E-state index contributed by atoms with van der Waals surface area (Å²) in [5.74, 6) is -0.237. The first kappa shape index (κ1) is 25.7. The van der Waals surface area contributed by atoms with Crippen LogP contribution in [0.3, 0.4) is 0 Å². The molecule has 2 aromatic carbocycles. The summed E-state index contributed by atoms with van der Waals surface area (Å²) < 4.78 is 42.2. The number of halogens is 2. The molecule has 0 heterocycles. The average Bonchev–Trinajstić information content (AvgIpc) is 2.54. The van der Waals surface area contributed by atoms with Crippen LogP contribution in [0.1, 0.15) is 12.5 Å². The second-order valence-electron chi connectivity index (χ2n) is 4.86. The molecule has 27 heavy (non-hydrogen) atoms. The van der Waals surface area contributed by atoms with Crippen molar-refractivity contribution < 1.29 is 30.2 Å². The van der Waals surface area contributed by atoms with E-state index in [4.69, 9.17) is 17.8 Å². The standard InChI is InChI=1S/C8H10AsNO5.C7H8.Cl2O2S/c1-6(11)10-8-4-2-7(3-5-8)9(12,13)15-14;1-7-5-3-2-4-6-7;1-5(2,3)4/h2-5,14H,1H3,(H,10,11)(H,12,13);2-6H,1H3;. The van der Waals surface area contributed by atoms with Crippen LogP contribution in [-0.4, -0.2) is 37.9 Å². The average molecular weight is 502 g/mol. The molecule has 2 aromatic rings. The van der Waals surface area contributed by atoms with Gasteiger partial charge >= 0.3 is 96.7 Å². The Labute approximate surface area is 168 Å². The minimum absolute atomic E-state index is 0.00438. The summed E-state index contributed by atoms with van der Waals surface area (Å²) in [7, 11) is 4.81. The van der Waals surface area contributed by atoms with Crippen LogP contribution in [0.15, 0.2) is 54.6 Å². The zero-order valence-corrected chi connectivity index (χ0v) is 18.4. The first-order valence-corrected chi connectivity index (χ1v) is 13.5. The van der Waals surface area contributed by atoms with E-state index in [1.54, 1.807) is 0 Å². The largest absolute Gasteiger partial charge is 0.317 e. The van der Waals surface area contributed by atoms with Gasteiger partial charge in [-0.1, -0.05) is 35.9 Å². The molecular weight excluding hydrogens is 484 g/mol. The Morgan fingerprint density at radius 1 is 1.07 bits per heavy atom. The summed E-state index contributed by atoms with van der Waals surface area (Å²) in [5.41, 5.74) is 1.82. The van der Waals surface area contributed by atoms with E-state index in [-0.39, 0.29) is 10.3 Å². The molecule has 0 aliphatic heterocycles. The van der Waals surface area contributed by atoms with Crippen LogP contribution in [-0.2, 0) is 20.7 Å². The fourth-order valence-corrected chi connectivity index (χ4v) is 2.82. The molecule has 12 heteroatoms. The Morgan fingerprint density at radius 3 is 1.81 bits per heavy atom. The molecule has 1 unspecified atom stereocenters. The molecule has 0 spiro atoms. The molecule has 0 saturated heterocycles. The van der Waals surface area contributed by atoms with Gasteiger partial charge in [-0.2, -0.15) is 8.42 Å². The van der Waals surface area contributed by atoms with E-state index >= 15 is 0 Å². The van der Waals surface area contributed by atoms with Gasteiger partial charge in [0.1, 0.15) is 0 Å². The Bertz CT molecular complexity index is 853. The van der Waals surface area contributed by atoms with Crippen molar-refractivity contribution in [2.24, 2.45) is 0 Å². The quantitative estimate of drug-likeness (QED) is 0.255. The van der Waals surface area contributed by atoms with Gasteiger partial charge in [0.15, 0.2) is 0 Å². The van der Waals surface area contributed by atoms with Gasteiger partial charge in [-0.05, 0) is 6.92 Å². The van der Waals surface area contributed by atoms with Crippen LogP contribution in [0.2, 0.25) is 0 Å². The Hall–Kier alpha value is -1.32. The number of nitrogens with one attached hydrogen (secondary N) is 1. The van der Waals surface area contributed by atoms with E-state index in [9.17, 15) is 8.53 Å². The van der Waals surface area contributed by atoms with Crippen LogP contribution in [0.5, 0.6) is 0 Å². The van der Waals surface area contributed by atoms with Crippen LogP contribution < -0.4 is 9.67 Å². The molecule has 0 saturated carbocycles. The van der Waals surface area contributed by atoms with Crippen molar-refractivity contribution in [1.29, 1.82) is 0 Å². The molecule has 0 aromatic heterocycles. The van der Waals surface area contributed by atoms with E-state index in [0.29, 0.717) is 5.69 Å². The third-order valence-corrected chi connectivity index (χ3v) is 5.02. The van der Waals surface area contributed by atoms with Crippen molar-refractivity contribution in [3.05, 3.63) is 60.2 Å². The maximum atomic E-state index is 11.2. The molecule has 0 bridgehead atoms. The second kappa shape index (κ2) is 12.2. The van der Waals surface area contributed by atoms with E-state index < -0.39 is 22.4 Å². The molecule has 0 radical (unpaired) electrons. The minimum atomic E-state index is -4.76. The first-order valence-electron chi connectivity index (χ1n) is 7.05. The Balaban J connectivity index is 0.000000463.